The molecule has 6 heteroatoms. The van der Waals surface area contributed by atoms with Gasteiger partial charge >= 0.3 is 6.03 Å². The van der Waals surface area contributed by atoms with Gasteiger partial charge in [-0.2, -0.15) is 0 Å². The number of hydrogen-bond acceptors (Lipinski definition) is 3. The van der Waals surface area contributed by atoms with Gasteiger partial charge in [0.25, 0.3) is 0 Å². The van der Waals surface area contributed by atoms with Crippen LogP contribution in [0.4, 0.5) is 15.0 Å². The smallest absolute Gasteiger partial charge is 0.320 e. The number of nitrogens with zero attached hydrogens (tertiary/aromatic N) is 1. The predicted octanol–water partition coefficient (Wildman–Crippen LogP) is 2.00. The van der Waals surface area contributed by atoms with Crippen LogP contribution >= 0.6 is 0 Å². The summed E-state index contributed by atoms with van der Waals surface area (Å²) in [5.74, 6) is 0.991. The van der Waals surface area contributed by atoms with Crippen LogP contribution in [-0.2, 0) is 0 Å². The molecular weight excluding hydrogens is 213 g/mol. The minimum absolute atomic E-state index is 0.0806. The number of urea groups is 1. The third-order valence-corrected chi connectivity index (χ3v) is 2.57. The van der Waals surface area contributed by atoms with Gasteiger partial charge in [-0.1, -0.05) is 5.16 Å². The molecule has 0 bridgehead atoms. The predicted molar refractivity (Wildman–Crippen MR) is 55.9 cm³/mol. The van der Waals surface area contributed by atoms with E-state index in [1.165, 1.54) is 0 Å². The van der Waals surface area contributed by atoms with Crippen LogP contribution in [0.1, 0.15) is 25.0 Å². The topological polar surface area (TPSA) is 67.2 Å². The highest BCUT2D eigenvalue weighted by atomic mass is 19.1. The first-order valence-electron chi connectivity index (χ1n) is 5.28. The van der Waals surface area contributed by atoms with Crippen molar-refractivity contribution in [2.75, 3.05) is 5.32 Å². The van der Waals surface area contributed by atoms with E-state index in [0.29, 0.717) is 30.8 Å². The van der Waals surface area contributed by atoms with Gasteiger partial charge in [0.15, 0.2) is 5.82 Å². The molecule has 1 saturated carbocycles. The number of amides is 2. The van der Waals surface area contributed by atoms with E-state index in [1.54, 1.807) is 13.0 Å². The lowest BCUT2D eigenvalue weighted by Gasteiger charge is -2.11. The number of aromatic nitrogens is 1. The highest BCUT2D eigenvalue weighted by molar-refractivity contribution is 5.88. The maximum Gasteiger partial charge on any atom is 0.320 e. The van der Waals surface area contributed by atoms with Crippen LogP contribution in [0.25, 0.3) is 0 Å². The molecule has 1 aromatic heterocycles. The molecule has 1 aromatic rings. The van der Waals surface area contributed by atoms with Gasteiger partial charge in [-0.15, -0.1) is 0 Å². The summed E-state index contributed by atoms with van der Waals surface area (Å²) in [4.78, 5) is 11.5. The van der Waals surface area contributed by atoms with E-state index in [1.807, 2.05) is 0 Å². The Morgan fingerprint density at radius 2 is 2.44 bits per heavy atom. The van der Waals surface area contributed by atoms with Crippen LogP contribution in [0.2, 0.25) is 0 Å². The van der Waals surface area contributed by atoms with Crippen molar-refractivity contribution in [2.24, 2.45) is 0 Å². The molecule has 2 N–H and O–H groups in total. The number of carbonyl (C=O) groups excluding carboxylic acids is 1. The molecule has 0 aliphatic heterocycles. The molecule has 0 saturated heterocycles. The zero-order chi connectivity index (χ0) is 11.5. The fraction of sp³-hybridized carbons (Fsp3) is 0.600. The van der Waals surface area contributed by atoms with Crippen molar-refractivity contribution >= 4 is 11.8 Å². The Labute approximate surface area is 92.4 Å². The molecule has 5 nitrogen and oxygen atoms in total. The maximum atomic E-state index is 12.9. The quantitative estimate of drug-likeness (QED) is 0.811. The molecule has 0 spiro atoms. The van der Waals surface area contributed by atoms with Gasteiger partial charge in [0.2, 0.25) is 0 Å². The average molecular weight is 227 g/mol. The number of rotatable bonds is 2. The van der Waals surface area contributed by atoms with E-state index in [9.17, 15) is 9.18 Å². The minimum Gasteiger partial charge on any atom is -0.360 e. The molecule has 0 aromatic carbocycles. The summed E-state index contributed by atoms with van der Waals surface area (Å²) in [6.07, 6.45) is 0.811. The van der Waals surface area contributed by atoms with E-state index < -0.39 is 6.17 Å². The van der Waals surface area contributed by atoms with Gasteiger partial charge in [-0.05, 0) is 26.2 Å². The van der Waals surface area contributed by atoms with Crippen LogP contribution < -0.4 is 10.6 Å². The fourth-order valence-corrected chi connectivity index (χ4v) is 1.82. The molecule has 2 atom stereocenters. The van der Waals surface area contributed by atoms with Crippen molar-refractivity contribution < 1.29 is 13.7 Å². The summed E-state index contributed by atoms with van der Waals surface area (Å²) in [5.41, 5.74) is 0. The summed E-state index contributed by atoms with van der Waals surface area (Å²) in [6.45, 7) is 1.74. The zero-order valence-electron chi connectivity index (χ0n) is 9.00. The molecule has 1 aliphatic carbocycles. The summed E-state index contributed by atoms with van der Waals surface area (Å²) < 4.78 is 17.7. The largest absolute Gasteiger partial charge is 0.360 e. The molecule has 88 valence electrons. The first-order valence-corrected chi connectivity index (χ1v) is 5.28. The van der Waals surface area contributed by atoms with Crippen LogP contribution in [0.3, 0.4) is 0 Å². The van der Waals surface area contributed by atoms with E-state index >= 15 is 0 Å². The molecule has 2 rings (SSSR count). The highest BCUT2D eigenvalue weighted by Gasteiger charge is 2.25. The Kier molecular flexibility index (Phi) is 3.07. The molecule has 0 unspecified atom stereocenters. The van der Waals surface area contributed by atoms with E-state index in [-0.39, 0.29) is 12.1 Å². The lowest BCUT2D eigenvalue weighted by molar-refractivity contribution is 0.247. The zero-order valence-corrected chi connectivity index (χ0v) is 9.00. The second kappa shape index (κ2) is 4.51. The van der Waals surface area contributed by atoms with Crippen molar-refractivity contribution in [1.29, 1.82) is 0 Å². The van der Waals surface area contributed by atoms with E-state index in [0.717, 1.165) is 0 Å². The molecule has 0 radical (unpaired) electrons. The summed E-state index contributed by atoms with van der Waals surface area (Å²) >= 11 is 0. The molecule has 16 heavy (non-hydrogen) atoms. The van der Waals surface area contributed by atoms with Gasteiger partial charge in [-0.3, -0.25) is 5.32 Å². The van der Waals surface area contributed by atoms with Gasteiger partial charge < -0.3 is 9.84 Å². The van der Waals surface area contributed by atoms with E-state index in [2.05, 4.69) is 15.8 Å². The van der Waals surface area contributed by atoms with Crippen molar-refractivity contribution in [3.63, 3.8) is 0 Å². The molecule has 1 fully saturated rings. The number of nitrogens with one attached hydrogen (secondary N) is 2. The lowest BCUT2D eigenvalue weighted by atomic mass is 10.2. The third kappa shape index (κ3) is 2.71. The number of alkyl halides is 1. The first-order chi connectivity index (χ1) is 7.63. The Hall–Kier alpha value is -1.59. The van der Waals surface area contributed by atoms with Crippen LogP contribution in [0.15, 0.2) is 10.6 Å². The molecule has 2 amide bonds. The van der Waals surface area contributed by atoms with Crippen LogP contribution in [-0.4, -0.2) is 23.4 Å². The normalized spacial score (nSPS) is 24.4. The monoisotopic (exact) mass is 227 g/mol. The maximum absolute atomic E-state index is 12.9. The van der Waals surface area contributed by atoms with Crippen molar-refractivity contribution in [1.82, 2.24) is 10.5 Å². The molecular formula is C10H14FN3O2. The Morgan fingerprint density at radius 1 is 1.62 bits per heavy atom. The summed E-state index contributed by atoms with van der Waals surface area (Å²) in [5, 5.41) is 8.85. The van der Waals surface area contributed by atoms with Crippen LogP contribution in [0.5, 0.6) is 0 Å². The minimum atomic E-state index is -0.792. The SMILES string of the molecule is Cc1cc(NC(=O)N[C@H]2CC[C@@H](F)C2)no1. The van der Waals surface area contributed by atoms with Crippen molar-refractivity contribution in [2.45, 2.75) is 38.4 Å². The third-order valence-electron chi connectivity index (χ3n) is 2.57. The van der Waals surface area contributed by atoms with Gasteiger partial charge in [-0.25, -0.2) is 9.18 Å². The number of carbonyl (C=O) groups is 1. The first kappa shape index (κ1) is 10.9. The highest BCUT2D eigenvalue weighted by Crippen LogP contribution is 2.21. The summed E-state index contributed by atoms with van der Waals surface area (Å²) in [6, 6.07) is 1.17. The van der Waals surface area contributed by atoms with E-state index in [4.69, 9.17) is 4.52 Å². The van der Waals surface area contributed by atoms with Gasteiger partial charge in [0.05, 0.1) is 0 Å². The van der Waals surface area contributed by atoms with Crippen molar-refractivity contribution in [3.8, 4) is 0 Å². The number of anilines is 1. The standard InChI is InChI=1S/C10H14FN3O2/c1-6-4-9(14-16-6)13-10(15)12-8-3-2-7(11)5-8/h4,7-8H,2-3,5H2,1H3,(H2,12,13,14,15)/t7-,8+/m1/s1. The van der Waals surface area contributed by atoms with Gasteiger partial charge in [0.1, 0.15) is 11.9 Å². The Morgan fingerprint density at radius 3 is 3.00 bits per heavy atom. The van der Waals surface area contributed by atoms with Crippen molar-refractivity contribution in [3.05, 3.63) is 11.8 Å². The second-order valence-corrected chi connectivity index (χ2v) is 4.03. The summed E-state index contributed by atoms with van der Waals surface area (Å²) in [7, 11) is 0. The number of halogens is 1. The second-order valence-electron chi connectivity index (χ2n) is 4.03. The molecule has 1 heterocycles. The Balaban J connectivity index is 1.80. The van der Waals surface area contributed by atoms with Crippen LogP contribution in [0, 0.1) is 6.92 Å². The number of hydrogen-bond donors (Lipinski definition) is 2. The Bertz CT molecular complexity index is 380. The lowest BCUT2D eigenvalue weighted by Crippen LogP contribution is -2.36. The number of aryl methyl sites for hydroxylation is 1. The fourth-order valence-electron chi connectivity index (χ4n) is 1.82. The van der Waals surface area contributed by atoms with Gasteiger partial charge in [0, 0.05) is 12.1 Å². The average Bonchev–Trinajstić information content (AvgIpc) is 2.76. The molecule has 1 aliphatic rings.